The standard InChI is InChI=1S/C21H21N7O2S/c1-11-6-5-9-27-17(11)23-18-15(20(27)30)10-14(16(22)28(18)13-7-3-4-8-13)19(29)24-21-26-25-12(2)31-21/h5-6,9-10,13,22H,3-4,7-8H2,1-2H3,(H,24,26,29). The molecule has 158 valence electrons. The fraction of sp³-hybridized carbons (Fsp3) is 0.333. The van der Waals surface area contributed by atoms with E-state index in [2.05, 4.69) is 15.5 Å². The van der Waals surface area contributed by atoms with Gasteiger partial charge in [0.2, 0.25) is 5.13 Å². The van der Waals surface area contributed by atoms with E-state index >= 15 is 0 Å². The average molecular weight is 436 g/mol. The average Bonchev–Trinajstić information content (AvgIpc) is 3.40. The van der Waals surface area contributed by atoms with Crippen molar-refractivity contribution in [2.75, 3.05) is 5.32 Å². The maximum atomic E-state index is 13.4. The number of aromatic nitrogens is 5. The molecular weight excluding hydrogens is 414 g/mol. The Bertz CT molecular complexity index is 1460. The van der Waals surface area contributed by atoms with E-state index < -0.39 is 5.91 Å². The number of rotatable bonds is 3. The van der Waals surface area contributed by atoms with Gasteiger partial charge in [-0.25, -0.2) is 4.98 Å². The number of hydrogen-bond donors (Lipinski definition) is 2. The van der Waals surface area contributed by atoms with Gasteiger partial charge in [-0.15, -0.1) is 10.2 Å². The second kappa shape index (κ2) is 7.38. The minimum Gasteiger partial charge on any atom is -0.307 e. The van der Waals surface area contributed by atoms with Crippen LogP contribution in [0.4, 0.5) is 5.13 Å². The molecule has 0 bridgehead atoms. The molecule has 4 aromatic heterocycles. The molecule has 0 atom stereocenters. The lowest BCUT2D eigenvalue weighted by molar-refractivity contribution is 0.102. The van der Waals surface area contributed by atoms with E-state index in [0.29, 0.717) is 21.8 Å². The minimum atomic E-state index is -0.483. The van der Waals surface area contributed by atoms with Crippen molar-refractivity contribution >= 4 is 39.1 Å². The summed E-state index contributed by atoms with van der Waals surface area (Å²) in [4.78, 5) is 31.2. The fourth-order valence-electron chi connectivity index (χ4n) is 4.26. The topological polar surface area (TPSA) is 118 Å². The number of hydrogen-bond acceptors (Lipinski definition) is 7. The molecule has 31 heavy (non-hydrogen) atoms. The molecule has 0 spiro atoms. The van der Waals surface area contributed by atoms with Gasteiger partial charge in [-0.05, 0) is 44.4 Å². The van der Waals surface area contributed by atoms with E-state index in [1.807, 2.05) is 13.0 Å². The summed E-state index contributed by atoms with van der Waals surface area (Å²) in [6.07, 6.45) is 5.55. The van der Waals surface area contributed by atoms with E-state index in [9.17, 15) is 9.59 Å². The molecule has 1 aliphatic rings. The van der Waals surface area contributed by atoms with Gasteiger partial charge in [-0.1, -0.05) is 30.2 Å². The van der Waals surface area contributed by atoms with Crippen LogP contribution in [0.2, 0.25) is 0 Å². The highest BCUT2D eigenvalue weighted by Crippen LogP contribution is 2.30. The Balaban J connectivity index is 1.79. The number of fused-ring (bicyclic) bond motifs is 2. The predicted octanol–water partition coefficient (Wildman–Crippen LogP) is 2.96. The summed E-state index contributed by atoms with van der Waals surface area (Å²) in [6.45, 7) is 3.70. The highest BCUT2D eigenvalue weighted by molar-refractivity contribution is 7.15. The zero-order chi connectivity index (χ0) is 21.7. The fourth-order valence-corrected chi connectivity index (χ4v) is 4.85. The smallest absolute Gasteiger partial charge is 0.267 e. The molecule has 1 fully saturated rings. The van der Waals surface area contributed by atoms with Crippen molar-refractivity contribution in [1.82, 2.24) is 24.1 Å². The summed E-state index contributed by atoms with van der Waals surface area (Å²) in [5, 5.41) is 20.8. The van der Waals surface area contributed by atoms with Crippen LogP contribution in [0.15, 0.2) is 29.2 Å². The van der Waals surface area contributed by atoms with Gasteiger partial charge in [0.15, 0.2) is 0 Å². The highest BCUT2D eigenvalue weighted by atomic mass is 32.1. The Morgan fingerprint density at radius 1 is 1.23 bits per heavy atom. The van der Waals surface area contributed by atoms with Crippen LogP contribution in [0.25, 0.3) is 16.7 Å². The van der Waals surface area contributed by atoms with Gasteiger partial charge in [-0.2, -0.15) is 0 Å². The molecule has 9 nitrogen and oxygen atoms in total. The van der Waals surface area contributed by atoms with E-state index in [1.54, 1.807) is 23.8 Å². The quantitative estimate of drug-likeness (QED) is 0.480. The third-order valence-electron chi connectivity index (χ3n) is 5.76. The molecular formula is C21H21N7O2S. The molecule has 10 heteroatoms. The second-order valence-electron chi connectivity index (χ2n) is 7.83. The van der Waals surface area contributed by atoms with Crippen LogP contribution in [-0.4, -0.2) is 30.1 Å². The zero-order valence-electron chi connectivity index (χ0n) is 17.2. The highest BCUT2D eigenvalue weighted by Gasteiger charge is 2.25. The van der Waals surface area contributed by atoms with Crippen LogP contribution in [0.1, 0.15) is 52.7 Å². The Morgan fingerprint density at radius 2 is 2.00 bits per heavy atom. The number of amides is 1. The first kappa shape index (κ1) is 19.6. The molecule has 0 unspecified atom stereocenters. The number of nitrogens with zero attached hydrogens (tertiary/aromatic N) is 5. The monoisotopic (exact) mass is 435 g/mol. The maximum absolute atomic E-state index is 13.4. The van der Waals surface area contributed by atoms with Crippen LogP contribution in [0.3, 0.4) is 0 Å². The van der Waals surface area contributed by atoms with Gasteiger partial charge in [0.05, 0.1) is 10.9 Å². The van der Waals surface area contributed by atoms with Crippen molar-refractivity contribution in [1.29, 1.82) is 5.41 Å². The third-order valence-corrected chi connectivity index (χ3v) is 6.51. The SMILES string of the molecule is Cc1nnc(NC(=O)c2cc3c(=O)n4cccc(C)c4nc3n(C3CCCC3)c2=N)s1. The van der Waals surface area contributed by atoms with Crippen LogP contribution < -0.4 is 16.4 Å². The van der Waals surface area contributed by atoms with Gasteiger partial charge in [-0.3, -0.25) is 24.7 Å². The Hall–Kier alpha value is -3.40. The molecule has 1 aliphatic carbocycles. The van der Waals surface area contributed by atoms with Crippen molar-refractivity contribution in [3.63, 3.8) is 0 Å². The Morgan fingerprint density at radius 3 is 2.71 bits per heavy atom. The molecule has 0 saturated heterocycles. The van der Waals surface area contributed by atoms with Crippen molar-refractivity contribution in [3.8, 4) is 0 Å². The maximum Gasteiger partial charge on any atom is 0.267 e. The molecule has 0 aromatic carbocycles. The molecule has 1 amide bonds. The summed E-state index contributed by atoms with van der Waals surface area (Å²) in [5.41, 5.74) is 1.82. The Labute approximate surface area is 180 Å². The molecule has 4 aromatic rings. The van der Waals surface area contributed by atoms with E-state index in [4.69, 9.17) is 10.4 Å². The summed E-state index contributed by atoms with van der Waals surface area (Å²) in [6, 6.07) is 5.22. The lowest BCUT2D eigenvalue weighted by Crippen LogP contribution is -2.33. The summed E-state index contributed by atoms with van der Waals surface area (Å²) >= 11 is 1.26. The molecule has 4 heterocycles. The first-order valence-corrected chi connectivity index (χ1v) is 11.0. The molecule has 0 aliphatic heterocycles. The van der Waals surface area contributed by atoms with Crippen LogP contribution in [0.5, 0.6) is 0 Å². The lowest BCUT2D eigenvalue weighted by Gasteiger charge is -2.19. The van der Waals surface area contributed by atoms with Gasteiger partial charge in [0.1, 0.15) is 21.8 Å². The molecule has 2 N–H and O–H groups in total. The van der Waals surface area contributed by atoms with Gasteiger partial charge < -0.3 is 4.57 Å². The summed E-state index contributed by atoms with van der Waals surface area (Å²) < 4.78 is 3.27. The zero-order valence-corrected chi connectivity index (χ0v) is 18.0. The lowest BCUT2D eigenvalue weighted by atomic mass is 10.1. The van der Waals surface area contributed by atoms with Gasteiger partial charge in [0, 0.05) is 12.2 Å². The van der Waals surface area contributed by atoms with Crippen LogP contribution >= 0.6 is 11.3 Å². The minimum absolute atomic E-state index is 0.0323. The van der Waals surface area contributed by atoms with E-state index in [0.717, 1.165) is 36.3 Å². The van der Waals surface area contributed by atoms with Crippen LogP contribution in [-0.2, 0) is 0 Å². The van der Waals surface area contributed by atoms with Crippen molar-refractivity contribution in [2.24, 2.45) is 0 Å². The molecule has 1 saturated carbocycles. The number of aryl methyl sites for hydroxylation is 2. The molecule has 0 radical (unpaired) electrons. The number of pyridine rings is 2. The van der Waals surface area contributed by atoms with Crippen molar-refractivity contribution in [3.05, 3.63) is 56.4 Å². The van der Waals surface area contributed by atoms with Crippen molar-refractivity contribution in [2.45, 2.75) is 45.6 Å². The molecule has 5 rings (SSSR count). The largest absolute Gasteiger partial charge is 0.307 e. The third kappa shape index (κ3) is 3.23. The number of carbonyl (C=O) groups is 1. The summed E-state index contributed by atoms with van der Waals surface area (Å²) in [5.74, 6) is -0.483. The normalized spacial score (nSPS) is 14.5. The van der Waals surface area contributed by atoms with Crippen molar-refractivity contribution < 1.29 is 4.79 Å². The number of anilines is 1. The van der Waals surface area contributed by atoms with E-state index in [-0.39, 0.29) is 22.7 Å². The number of nitrogens with one attached hydrogen (secondary N) is 2. The summed E-state index contributed by atoms with van der Waals surface area (Å²) in [7, 11) is 0. The second-order valence-corrected chi connectivity index (χ2v) is 9.02. The first-order chi connectivity index (χ1) is 14.9. The predicted molar refractivity (Wildman–Crippen MR) is 118 cm³/mol. The van der Waals surface area contributed by atoms with Gasteiger partial charge >= 0.3 is 0 Å². The van der Waals surface area contributed by atoms with Gasteiger partial charge in [0.25, 0.3) is 11.5 Å². The Kier molecular flexibility index (Phi) is 4.66. The number of carbonyl (C=O) groups excluding carboxylic acids is 1. The first-order valence-electron chi connectivity index (χ1n) is 10.2. The van der Waals surface area contributed by atoms with Crippen LogP contribution in [0, 0.1) is 19.3 Å². The van der Waals surface area contributed by atoms with E-state index in [1.165, 1.54) is 21.8 Å².